The molecule has 3 fully saturated rings. The second-order valence-electron chi connectivity index (χ2n) is 7.97. The molecule has 4 rings (SSSR count). The number of hydrogen-bond acceptors (Lipinski definition) is 5. The number of rotatable bonds is 6. The summed E-state index contributed by atoms with van der Waals surface area (Å²) < 4.78 is 7.24. The van der Waals surface area contributed by atoms with Gasteiger partial charge in [0.05, 0.1) is 6.20 Å². The van der Waals surface area contributed by atoms with E-state index in [9.17, 15) is 4.79 Å². The molecule has 0 bridgehead atoms. The molecule has 0 aliphatic carbocycles. The predicted molar refractivity (Wildman–Crippen MR) is 98.9 cm³/mol. The molecule has 0 saturated carbocycles. The normalized spacial score (nSPS) is 27.0. The van der Waals surface area contributed by atoms with Crippen LogP contribution in [0, 0.1) is 17.8 Å². The topological polar surface area (TPSA) is 71.4 Å². The van der Waals surface area contributed by atoms with Crippen LogP contribution in [0.25, 0.3) is 0 Å². The van der Waals surface area contributed by atoms with Gasteiger partial charge in [-0.2, -0.15) is 5.10 Å². The van der Waals surface area contributed by atoms with Crippen LogP contribution in [0.5, 0.6) is 0 Å². The maximum Gasteiger partial charge on any atom is 0.269 e. The molecule has 1 aromatic rings. The summed E-state index contributed by atoms with van der Waals surface area (Å²) in [5.74, 6) is 2.08. The average Bonchev–Trinajstić information content (AvgIpc) is 3.35. The molecule has 2 unspecified atom stereocenters. The lowest BCUT2D eigenvalue weighted by Gasteiger charge is -2.22. The van der Waals surface area contributed by atoms with Gasteiger partial charge < -0.3 is 15.4 Å². The van der Waals surface area contributed by atoms with Crippen LogP contribution in [0.1, 0.15) is 35.8 Å². The summed E-state index contributed by atoms with van der Waals surface area (Å²) in [6.45, 7) is 10.4. The highest BCUT2D eigenvalue weighted by molar-refractivity contribution is 5.94. The number of nitrogens with one attached hydrogen (secondary N) is 2. The Hall–Kier alpha value is -1.44. The third-order valence-electron chi connectivity index (χ3n) is 6.18. The van der Waals surface area contributed by atoms with Crippen LogP contribution in [0.3, 0.4) is 0 Å². The summed E-state index contributed by atoms with van der Waals surface area (Å²) in [4.78, 5) is 15.4. The highest BCUT2D eigenvalue weighted by Gasteiger charge is 2.36. The lowest BCUT2D eigenvalue weighted by molar-refractivity contribution is 0.0641. The number of aromatic nitrogens is 2. The van der Waals surface area contributed by atoms with Crippen molar-refractivity contribution < 1.29 is 9.53 Å². The van der Waals surface area contributed by atoms with Gasteiger partial charge in [-0.3, -0.25) is 14.4 Å². The van der Waals surface area contributed by atoms with Crippen molar-refractivity contribution in [2.75, 3.05) is 45.9 Å². The number of fused-ring (bicyclic) bond motifs is 1. The van der Waals surface area contributed by atoms with Crippen molar-refractivity contribution >= 4 is 5.91 Å². The highest BCUT2D eigenvalue weighted by atomic mass is 16.5. The summed E-state index contributed by atoms with van der Waals surface area (Å²) >= 11 is 0. The second-order valence-corrected chi connectivity index (χ2v) is 7.97. The van der Waals surface area contributed by atoms with Crippen LogP contribution in [0.2, 0.25) is 0 Å². The first-order valence-corrected chi connectivity index (χ1v) is 10.1. The Balaban J connectivity index is 1.39. The van der Waals surface area contributed by atoms with E-state index in [1.54, 1.807) is 0 Å². The minimum Gasteiger partial charge on any atom is -0.381 e. The van der Waals surface area contributed by atoms with Crippen molar-refractivity contribution in [1.29, 1.82) is 0 Å². The van der Waals surface area contributed by atoms with E-state index in [1.165, 1.54) is 0 Å². The van der Waals surface area contributed by atoms with Crippen LogP contribution in [-0.4, -0.2) is 66.5 Å². The molecule has 2 N–H and O–H groups in total. The van der Waals surface area contributed by atoms with Gasteiger partial charge in [0.15, 0.2) is 0 Å². The van der Waals surface area contributed by atoms with Gasteiger partial charge in [0.1, 0.15) is 5.69 Å². The Morgan fingerprint density at radius 3 is 2.73 bits per heavy atom. The molecule has 144 valence electrons. The molecule has 1 aromatic heterocycles. The first kappa shape index (κ1) is 17.9. The summed E-state index contributed by atoms with van der Waals surface area (Å²) in [6, 6.07) is 0. The molecule has 1 amide bonds. The molecule has 0 radical (unpaired) electrons. The van der Waals surface area contributed by atoms with Gasteiger partial charge in [0, 0.05) is 51.5 Å². The second kappa shape index (κ2) is 8.06. The molecule has 4 heterocycles. The van der Waals surface area contributed by atoms with Crippen molar-refractivity contribution in [3.8, 4) is 0 Å². The van der Waals surface area contributed by atoms with Crippen LogP contribution in [-0.2, 0) is 17.8 Å². The minimum atomic E-state index is 0.0203. The Morgan fingerprint density at radius 2 is 2.04 bits per heavy atom. The van der Waals surface area contributed by atoms with Crippen LogP contribution >= 0.6 is 0 Å². The molecule has 7 heteroatoms. The van der Waals surface area contributed by atoms with Gasteiger partial charge in [-0.15, -0.1) is 0 Å². The van der Waals surface area contributed by atoms with E-state index in [2.05, 4.69) is 20.6 Å². The smallest absolute Gasteiger partial charge is 0.269 e. The molecule has 0 aromatic carbocycles. The third-order valence-corrected chi connectivity index (χ3v) is 6.18. The number of nitrogens with zero attached hydrogens (tertiary/aromatic N) is 3. The van der Waals surface area contributed by atoms with Crippen molar-refractivity contribution in [3.05, 3.63) is 17.5 Å². The Bertz CT molecular complexity index is 613. The van der Waals surface area contributed by atoms with Gasteiger partial charge in [0.2, 0.25) is 0 Å². The highest BCUT2D eigenvalue weighted by Crippen LogP contribution is 2.28. The summed E-state index contributed by atoms with van der Waals surface area (Å²) in [6.07, 6.45) is 3.95. The van der Waals surface area contributed by atoms with Crippen LogP contribution in [0.15, 0.2) is 6.20 Å². The van der Waals surface area contributed by atoms with E-state index < -0.39 is 0 Å². The minimum absolute atomic E-state index is 0.0203. The quantitative estimate of drug-likeness (QED) is 0.781. The number of ether oxygens (including phenoxy) is 1. The monoisotopic (exact) mass is 361 g/mol. The number of amides is 1. The van der Waals surface area contributed by atoms with E-state index in [0.29, 0.717) is 5.92 Å². The van der Waals surface area contributed by atoms with Gasteiger partial charge in [0.25, 0.3) is 5.91 Å². The Morgan fingerprint density at radius 1 is 1.31 bits per heavy atom. The number of likely N-dealkylation sites (tertiary alicyclic amines) is 1. The molecular formula is C19H31N5O2. The molecule has 3 saturated heterocycles. The van der Waals surface area contributed by atoms with Crippen LogP contribution in [0.4, 0.5) is 0 Å². The molecular weight excluding hydrogens is 330 g/mol. The Labute approximate surface area is 155 Å². The molecule has 26 heavy (non-hydrogen) atoms. The lowest BCUT2D eigenvalue weighted by Crippen LogP contribution is -2.34. The SMILES string of the molecule is CCn1ncc(CN2CC3CNCC3C2)c1C(=O)NCC1CCOCC1. The fraction of sp³-hybridized carbons (Fsp3) is 0.789. The van der Waals surface area contributed by atoms with E-state index in [1.807, 2.05) is 17.8 Å². The molecule has 2 atom stereocenters. The number of carbonyl (C=O) groups excluding carboxylic acids is 1. The number of carbonyl (C=O) groups is 1. The predicted octanol–water partition coefficient (Wildman–Crippen LogP) is 0.711. The zero-order chi connectivity index (χ0) is 17.9. The van der Waals surface area contributed by atoms with Gasteiger partial charge in [-0.25, -0.2) is 0 Å². The van der Waals surface area contributed by atoms with Gasteiger partial charge in [-0.05, 0) is 50.6 Å². The number of aryl methyl sites for hydroxylation is 1. The van der Waals surface area contributed by atoms with Crippen molar-refractivity contribution in [3.63, 3.8) is 0 Å². The maximum atomic E-state index is 12.9. The standard InChI is InChI=1S/C19H31N5O2/c1-2-24-18(19(25)21-7-14-3-5-26-6-4-14)17(10-22-24)13-23-11-15-8-20-9-16(15)12-23/h10,14-16,20H,2-9,11-13H2,1H3,(H,21,25). The molecule has 3 aliphatic rings. The van der Waals surface area contributed by atoms with E-state index in [-0.39, 0.29) is 5.91 Å². The van der Waals surface area contributed by atoms with Crippen molar-refractivity contribution in [2.24, 2.45) is 17.8 Å². The van der Waals surface area contributed by atoms with Gasteiger partial charge in [-0.1, -0.05) is 0 Å². The van der Waals surface area contributed by atoms with Crippen LogP contribution < -0.4 is 10.6 Å². The summed E-state index contributed by atoms with van der Waals surface area (Å²) in [5, 5.41) is 11.1. The molecule has 0 spiro atoms. The van der Waals surface area contributed by atoms with Crippen molar-refractivity contribution in [1.82, 2.24) is 25.3 Å². The third kappa shape index (κ3) is 3.80. The zero-order valence-corrected chi connectivity index (χ0v) is 15.7. The maximum absolute atomic E-state index is 12.9. The first-order chi connectivity index (χ1) is 12.7. The first-order valence-electron chi connectivity index (χ1n) is 10.1. The molecule has 3 aliphatic heterocycles. The van der Waals surface area contributed by atoms with E-state index in [0.717, 1.165) is 95.0 Å². The summed E-state index contributed by atoms with van der Waals surface area (Å²) in [7, 11) is 0. The van der Waals surface area contributed by atoms with E-state index >= 15 is 0 Å². The average molecular weight is 361 g/mol. The zero-order valence-electron chi connectivity index (χ0n) is 15.7. The fourth-order valence-electron chi connectivity index (χ4n) is 4.64. The lowest BCUT2D eigenvalue weighted by atomic mass is 10.0. The van der Waals surface area contributed by atoms with Gasteiger partial charge >= 0.3 is 0 Å². The summed E-state index contributed by atoms with van der Waals surface area (Å²) in [5.41, 5.74) is 1.80. The number of hydrogen-bond donors (Lipinski definition) is 2. The molecule has 7 nitrogen and oxygen atoms in total. The van der Waals surface area contributed by atoms with Crippen molar-refractivity contribution in [2.45, 2.75) is 32.9 Å². The Kier molecular flexibility index (Phi) is 5.57. The fourth-order valence-corrected chi connectivity index (χ4v) is 4.64. The largest absolute Gasteiger partial charge is 0.381 e. The van der Waals surface area contributed by atoms with E-state index in [4.69, 9.17) is 4.74 Å².